The smallest absolute Gasteiger partial charge is 0.255 e. The van der Waals surface area contributed by atoms with Crippen molar-refractivity contribution >= 4 is 5.91 Å². The van der Waals surface area contributed by atoms with E-state index in [1.807, 2.05) is 89.7 Å². The molecule has 4 rings (SSSR count). The Balaban J connectivity index is 1.61. The van der Waals surface area contributed by atoms with Crippen molar-refractivity contribution in [3.63, 3.8) is 0 Å². The molecule has 4 heteroatoms. The molecule has 0 aliphatic heterocycles. The zero-order valence-electron chi connectivity index (χ0n) is 15.5. The number of carbonyl (C=O) groups is 1. The average molecular weight is 367 g/mol. The van der Waals surface area contributed by atoms with Gasteiger partial charge in [0.1, 0.15) is 5.69 Å². The zero-order chi connectivity index (χ0) is 19.2. The average Bonchev–Trinajstić information content (AvgIpc) is 3.18. The summed E-state index contributed by atoms with van der Waals surface area (Å²) in [6.07, 6.45) is 1.83. The SMILES string of the molecule is O=C(NCc1ccccc1)c1cn(Cc2ccccc2)nc1-c1ccccc1. The summed E-state index contributed by atoms with van der Waals surface area (Å²) in [7, 11) is 0. The van der Waals surface area contributed by atoms with E-state index in [0.717, 1.165) is 16.7 Å². The predicted octanol–water partition coefficient (Wildman–Crippen LogP) is 4.53. The van der Waals surface area contributed by atoms with Gasteiger partial charge in [-0.05, 0) is 11.1 Å². The molecule has 3 aromatic carbocycles. The van der Waals surface area contributed by atoms with E-state index < -0.39 is 0 Å². The molecule has 0 saturated heterocycles. The molecule has 4 nitrogen and oxygen atoms in total. The quantitative estimate of drug-likeness (QED) is 0.544. The van der Waals surface area contributed by atoms with E-state index >= 15 is 0 Å². The molecule has 0 saturated carbocycles. The van der Waals surface area contributed by atoms with Gasteiger partial charge in [-0.1, -0.05) is 91.0 Å². The van der Waals surface area contributed by atoms with Crippen molar-refractivity contribution in [3.05, 3.63) is 114 Å². The second kappa shape index (κ2) is 8.35. The summed E-state index contributed by atoms with van der Waals surface area (Å²) in [6, 6.07) is 29.8. The molecule has 1 heterocycles. The highest BCUT2D eigenvalue weighted by Crippen LogP contribution is 2.22. The van der Waals surface area contributed by atoms with E-state index in [9.17, 15) is 4.79 Å². The van der Waals surface area contributed by atoms with Gasteiger partial charge in [-0.25, -0.2) is 0 Å². The first-order chi connectivity index (χ1) is 13.8. The molecule has 0 fully saturated rings. The molecule has 28 heavy (non-hydrogen) atoms. The van der Waals surface area contributed by atoms with E-state index in [1.165, 1.54) is 0 Å². The lowest BCUT2D eigenvalue weighted by Gasteiger charge is -2.05. The summed E-state index contributed by atoms with van der Waals surface area (Å²) >= 11 is 0. The lowest BCUT2D eigenvalue weighted by Crippen LogP contribution is -2.23. The Bertz CT molecular complexity index is 1040. The van der Waals surface area contributed by atoms with E-state index in [4.69, 9.17) is 5.10 Å². The maximum absolute atomic E-state index is 12.9. The van der Waals surface area contributed by atoms with Crippen LogP contribution in [0.25, 0.3) is 11.3 Å². The number of hydrogen-bond acceptors (Lipinski definition) is 2. The van der Waals surface area contributed by atoms with Crippen molar-refractivity contribution in [3.8, 4) is 11.3 Å². The van der Waals surface area contributed by atoms with Gasteiger partial charge in [0.05, 0.1) is 12.1 Å². The Morgan fingerprint density at radius 2 is 1.36 bits per heavy atom. The van der Waals surface area contributed by atoms with Crippen LogP contribution in [0, 0.1) is 0 Å². The summed E-state index contributed by atoms with van der Waals surface area (Å²) < 4.78 is 1.83. The third kappa shape index (κ3) is 4.18. The molecule has 138 valence electrons. The Hall–Kier alpha value is -3.66. The first-order valence-electron chi connectivity index (χ1n) is 9.28. The molecule has 1 amide bonds. The number of amides is 1. The van der Waals surface area contributed by atoms with Crippen molar-refractivity contribution < 1.29 is 4.79 Å². The molecular weight excluding hydrogens is 346 g/mol. The van der Waals surface area contributed by atoms with Crippen LogP contribution >= 0.6 is 0 Å². The van der Waals surface area contributed by atoms with Crippen LogP contribution < -0.4 is 5.32 Å². The number of nitrogens with zero attached hydrogens (tertiary/aromatic N) is 2. The van der Waals surface area contributed by atoms with Crippen molar-refractivity contribution in [1.82, 2.24) is 15.1 Å². The molecule has 0 aliphatic carbocycles. The van der Waals surface area contributed by atoms with Gasteiger partial charge in [0.25, 0.3) is 5.91 Å². The van der Waals surface area contributed by atoms with Gasteiger partial charge in [0, 0.05) is 18.3 Å². The fourth-order valence-corrected chi connectivity index (χ4v) is 3.12. The van der Waals surface area contributed by atoms with Crippen molar-refractivity contribution in [1.29, 1.82) is 0 Å². The van der Waals surface area contributed by atoms with Gasteiger partial charge in [0.2, 0.25) is 0 Å². The molecule has 0 atom stereocenters. The molecule has 0 aliphatic rings. The van der Waals surface area contributed by atoms with E-state index in [-0.39, 0.29) is 5.91 Å². The van der Waals surface area contributed by atoms with E-state index in [2.05, 4.69) is 17.4 Å². The zero-order valence-corrected chi connectivity index (χ0v) is 15.5. The highest BCUT2D eigenvalue weighted by atomic mass is 16.1. The third-order valence-corrected chi connectivity index (χ3v) is 4.54. The minimum atomic E-state index is -0.123. The van der Waals surface area contributed by atoms with Gasteiger partial charge < -0.3 is 5.32 Å². The van der Waals surface area contributed by atoms with Crippen molar-refractivity contribution in [2.45, 2.75) is 13.1 Å². The van der Waals surface area contributed by atoms with Gasteiger partial charge in [0.15, 0.2) is 0 Å². The predicted molar refractivity (Wildman–Crippen MR) is 111 cm³/mol. The summed E-state index contributed by atoms with van der Waals surface area (Å²) in [5, 5.41) is 7.72. The lowest BCUT2D eigenvalue weighted by molar-refractivity contribution is 0.0951. The number of nitrogens with one attached hydrogen (secondary N) is 1. The van der Waals surface area contributed by atoms with Crippen molar-refractivity contribution in [2.24, 2.45) is 0 Å². The van der Waals surface area contributed by atoms with Crippen LogP contribution in [0.3, 0.4) is 0 Å². The molecule has 0 spiro atoms. The van der Waals surface area contributed by atoms with Crippen LogP contribution in [0.2, 0.25) is 0 Å². The van der Waals surface area contributed by atoms with Gasteiger partial charge in [-0.2, -0.15) is 5.10 Å². The summed E-state index contributed by atoms with van der Waals surface area (Å²) in [4.78, 5) is 12.9. The fourth-order valence-electron chi connectivity index (χ4n) is 3.12. The molecule has 0 unspecified atom stereocenters. The number of hydrogen-bond donors (Lipinski definition) is 1. The molecular formula is C24H21N3O. The lowest BCUT2D eigenvalue weighted by atomic mass is 10.1. The van der Waals surface area contributed by atoms with Gasteiger partial charge >= 0.3 is 0 Å². The molecule has 0 bridgehead atoms. The summed E-state index contributed by atoms with van der Waals surface area (Å²) in [5.41, 5.74) is 4.41. The first-order valence-corrected chi connectivity index (χ1v) is 9.28. The summed E-state index contributed by atoms with van der Waals surface area (Å²) in [5.74, 6) is -0.123. The monoisotopic (exact) mass is 367 g/mol. The molecule has 4 aromatic rings. The Kier molecular flexibility index (Phi) is 5.29. The fraction of sp³-hybridized carbons (Fsp3) is 0.0833. The van der Waals surface area contributed by atoms with Crippen LogP contribution in [0.5, 0.6) is 0 Å². The van der Waals surface area contributed by atoms with Gasteiger partial charge in [-0.3, -0.25) is 9.48 Å². The number of rotatable bonds is 6. The first kappa shape index (κ1) is 17.7. The molecule has 1 N–H and O–H groups in total. The van der Waals surface area contributed by atoms with Crippen LogP contribution in [0.1, 0.15) is 21.5 Å². The third-order valence-electron chi connectivity index (χ3n) is 4.54. The Morgan fingerprint density at radius 3 is 2.00 bits per heavy atom. The molecule has 1 aromatic heterocycles. The van der Waals surface area contributed by atoms with Crippen LogP contribution in [-0.4, -0.2) is 15.7 Å². The Morgan fingerprint density at radius 1 is 0.786 bits per heavy atom. The number of benzene rings is 3. The van der Waals surface area contributed by atoms with Crippen LogP contribution in [0.4, 0.5) is 0 Å². The maximum atomic E-state index is 12.9. The normalized spacial score (nSPS) is 10.6. The number of carbonyl (C=O) groups excluding carboxylic acids is 1. The standard InChI is InChI=1S/C24H21N3O/c28-24(25-16-19-10-4-1-5-11-19)22-18-27(17-20-12-6-2-7-13-20)26-23(22)21-14-8-3-9-15-21/h1-15,18H,16-17H2,(H,25,28). The van der Waals surface area contributed by atoms with E-state index in [1.54, 1.807) is 0 Å². The minimum Gasteiger partial charge on any atom is -0.348 e. The van der Waals surface area contributed by atoms with Gasteiger partial charge in [-0.15, -0.1) is 0 Å². The highest BCUT2D eigenvalue weighted by molar-refractivity contribution is 5.99. The summed E-state index contributed by atoms with van der Waals surface area (Å²) in [6.45, 7) is 1.10. The maximum Gasteiger partial charge on any atom is 0.255 e. The van der Waals surface area contributed by atoms with Crippen LogP contribution in [0.15, 0.2) is 97.2 Å². The van der Waals surface area contributed by atoms with Crippen molar-refractivity contribution in [2.75, 3.05) is 0 Å². The second-order valence-electron chi connectivity index (χ2n) is 6.61. The number of aromatic nitrogens is 2. The topological polar surface area (TPSA) is 46.9 Å². The largest absolute Gasteiger partial charge is 0.348 e. The minimum absolute atomic E-state index is 0.123. The van der Waals surface area contributed by atoms with Crippen LogP contribution in [-0.2, 0) is 13.1 Å². The molecule has 0 radical (unpaired) electrons. The van der Waals surface area contributed by atoms with E-state index in [0.29, 0.717) is 24.3 Å². The highest BCUT2D eigenvalue weighted by Gasteiger charge is 2.18. The second-order valence-corrected chi connectivity index (χ2v) is 6.61. The Labute approximate surface area is 164 Å².